The Morgan fingerprint density at radius 2 is 1.70 bits per heavy atom. The number of halogens is 2. The van der Waals surface area contributed by atoms with Crippen molar-refractivity contribution in [2.24, 2.45) is 5.10 Å². The van der Waals surface area contributed by atoms with Gasteiger partial charge in [-0.3, -0.25) is 4.79 Å². The van der Waals surface area contributed by atoms with Crippen LogP contribution in [0.25, 0.3) is 0 Å². The molecule has 0 aliphatic rings. The topological polar surface area (TPSA) is 77.0 Å². The molecule has 3 rings (SSSR count). The number of carbonyl (C=O) groups is 2. The monoisotopic (exact) mass is 426 g/mol. The van der Waals surface area contributed by atoms with Gasteiger partial charge in [0.15, 0.2) is 6.61 Å². The van der Waals surface area contributed by atoms with Crippen LogP contribution in [0.5, 0.6) is 11.5 Å². The lowest BCUT2D eigenvalue weighted by Crippen LogP contribution is -2.24. The van der Waals surface area contributed by atoms with Crippen LogP contribution in [0.4, 0.5) is 4.39 Å². The summed E-state index contributed by atoms with van der Waals surface area (Å²) in [6.07, 6.45) is 1.41. The first-order valence-corrected chi connectivity index (χ1v) is 9.17. The Hall–Kier alpha value is -3.71. The highest BCUT2D eigenvalue weighted by molar-refractivity contribution is 6.32. The zero-order chi connectivity index (χ0) is 21.3. The maximum atomic E-state index is 13.6. The van der Waals surface area contributed by atoms with Gasteiger partial charge in [-0.2, -0.15) is 5.10 Å². The zero-order valence-electron chi connectivity index (χ0n) is 15.5. The molecular weight excluding hydrogens is 411 g/mol. The predicted molar refractivity (Wildman–Crippen MR) is 110 cm³/mol. The second-order valence-electron chi connectivity index (χ2n) is 5.95. The summed E-state index contributed by atoms with van der Waals surface area (Å²) in [5.41, 5.74) is 2.83. The molecule has 0 spiro atoms. The maximum Gasteiger partial charge on any atom is 0.346 e. The summed E-state index contributed by atoms with van der Waals surface area (Å²) in [4.78, 5) is 23.8. The molecule has 0 fully saturated rings. The molecule has 0 unspecified atom stereocenters. The molecule has 0 atom stereocenters. The van der Waals surface area contributed by atoms with Crippen LogP contribution in [0.2, 0.25) is 5.02 Å². The van der Waals surface area contributed by atoms with Gasteiger partial charge >= 0.3 is 5.97 Å². The summed E-state index contributed by atoms with van der Waals surface area (Å²) in [6.45, 7) is -0.244. The van der Waals surface area contributed by atoms with Crippen LogP contribution >= 0.6 is 11.6 Å². The van der Waals surface area contributed by atoms with Crippen LogP contribution in [-0.4, -0.2) is 24.7 Å². The molecule has 0 aromatic heterocycles. The van der Waals surface area contributed by atoms with E-state index in [2.05, 4.69) is 10.5 Å². The van der Waals surface area contributed by atoms with E-state index in [4.69, 9.17) is 21.1 Å². The van der Waals surface area contributed by atoms with Gasteiger partial charge < -0.3 is 9.47 Å². The summed E-state index contributed by atoms with van der Waals surface area (Å²) in [5.74, 6) is -1.25. The van der Waals surface area contributed by atoms with E-state index in [1.807, 2.05) is 0 Å². The lowest BCUT2D eigenvalue weighted by molar-refractivity contribution is -0.123. The van der Waals surface area contributed by atoms with Gasteiger partial charge in [0, 0.05) is 0 Å². The molecule has 152 valence electrons. The van der Waals surface area contributed by atoms with Crippen LogP contribution in [0.1, 0.15) is 15.9 Å². The number of hydrogen-bond acceptors (Lipinski definition) is 5. The van der Waals surface area contributed by atoms with Crippen LogP contribution in [-0.2, 0) is 4.79 Å². The molecule has 0 saturated heterocycles. The van der Waals surface area contributed by atoms with E-state index < -0.39 is 17.7 Å². The molecule has 0 saturated carbocycles. The third kappa shape index (κ3) is 5.89. The van der Waals surface area contributed by atoms with Crippen molar-refractivity contribution in [3.05, 3.63) is 94.8 Å². The highest BCUT2D eigenvalue weighted by Gasteiger charge is 2.13. The number of amides is 1. The lowest BCUT2D eigenvalue weighted by atomic mass is 10.2. The van der Waals surface area contributed by atoms with Crippen molar-refractivity contribution in [1.29, 1.82) is 0 Å². The van der Waals surface area contributed by atoms with Gasteiger partial charge in [-0.15, -0.1) is 0 Å². The number of nitrogens with zero attached hydrogens (tertiary/aromatic N) is 1. The van der Waals surface area contributed by atoms with Gasteiger partial charge in [0.2, 0.25) is 0 Å². The Bertz CT molecular complexity index is 1070. The van der Waals surface area contributed by atoms with Crippen LogP contribution in [0, 0.1) is 5.82 Å². The predicted octanol–water partition coefficient (Wildman–Crippen LogP) is 4.23. The number of hydrazone groups is 1. The molecule has 6 nitrogen and oxygen atoms in total. The fraction of sp³-hybridized carbons (Fsp3) is 0.0455. The lowest BCUT2D eigenvalue weighted by Gasteiger charge is -2.06. The van der Waals surface area contributed by atoms with Crippen LogP contribution in [0.3, 0.4) is 0 Å². The second-order valence-corrected chi connectivity index (χ2v) is 6.36. The summed E-state index contributed by atoms with van der Waals surface area (Å²) in [6, 6.07) is 18.7. The normalized spacial score (nSPS) is 10.6. The first-order valence-electron chi connectivity index (χ1n) is 8.79. The third-order valence-electron chi connectivity index (χ3n) is 3.78. The van der Waals surface area contributed by atoms with E-state index >= 15 is 0 Å². The number of esters is 1. The minimum Gasteiger partial charge on any atom is -0.482 e. The number of carbonyl (C=O) groups excluding carboxylic acids is 2. The number of ether oxygens (including phenoxy) is 2. The van der Waals surface area contributed by atoms with Crippen LogP contribution < -0.4 is 14.9 Å². The Morgan fingerprint density at radius 1 is 1.00 bits per heavy atom. The van der Waals surface area contributed by atoms with Gasteiger partial charge in [-0.1, -0.05) is 35.9 Å². The van der Waals surface area contributed by atoms with Crippen molar-refractivity contribution in [2.45, 2.75) is 0 Å². The quantitative estimate of drug-likeness (QED) is 0.265. The van der Waals surface area contributed by atoms with Crippen molar-refractivity contribution in [3.8, 4) is 11.5 Å². The molecule has 8 heteroatoms. The Kier molecular flexibility index (Phi) is 7.13. The molecule has 0 aliphatic carbocycles. The molecule has 0 heterocycles. The first kappa shape index (κ1) is 21.0. The van der Waals surface area contributed by atoms with Gasteiger partial charge in [-0.25, -0.2) is 14.6 Å². The van der Waals surface area contributed by atoms with Crippen molar-refractivity contribution in [1.82, 2.24) is 5.43 Å². The third-order valence-corrected chi connectivity index (χ3v) is 4.09. The maximum absolute atomic E-state index is 13.6. The smallest absolute Gasteiger partial charge is 0.346 e. The summed E-state index contributed by atoms with van der Waals surface area (Å²) < 4.78 is 24.1. The molecule has 0 aliphatic heterocycles. The van der Waals surface area contributed by atoms with Crippen LogP contribution in [0.15, 0.2) is 77.9 Å². The fourth-order valence-electron chi connectivity index (χ4n) is 2.33. The van der Waals surface area contributed by atoms with Crippen molar-refractivity contribution in [3.63, 3.8) is 0 Å². The first-order chi connectivity index (χ1) is 14.5. The van der Waals surface area contributed by atoms with Gasteiger partial charge in [0.25, 0.3) is 5.91 Å². The highest BCUT2D eigenvalue weighted by atomic mass is 35.5. The molecule has 0 radical (unpaired) electrons. The number of nitrogens with one attached hydrogen (secondary N) is 1. The molecule has 3 aromatic carbocycles. The van der Waals surface area contributed by atoms with Gasteiger partial charge in [0.1, 0.15) is 17.3 Å². The van der Waals surface area contributed by atoms with E-state index in [9.17, 15) is 14.0 Å². The molecule has 3 aromatic rings. The largest absolute Gasteiger partial charge is 0.482 e. The van der Waals surface area contributed by atoms with Crippen molar-refractivity contribution in [2.75, 3.05) is 6.61 Å². The van der Waals surface area contributed by atoms with Crippen molar-refractivity contribution >= 4 is 29.7 Å². The fourth-order valence-corrected chi connectivity index (χ4v) is 2.52. The minimum absolute atomic E-state index is 0.148. The average Bonchev–Trinajstić information content (AvgIpc) is 2.74. The SMILES string of the molecule is O=C(COc1ccccc1Cl)NN=Cc1ccc(OC(=O)c2ccccc2F)cc1. The molecule has 1 N–H and O–H groups in total. The van der Waals surface area contributed by atoms with E-state index in [-0.39, 0.29) is 17.9 Å². The average molecular weight is 427 g/mol. The zero-order valence-corrected chi connectivity index (χ0v) is 16.3. The Morgan fingerprint density at radius 3 is 2.43 bits per heavy atom. The van der Waals surface area contributed by atoms with E-state index in [1.54, 1.807) is 42.5 Å². The summed E-state index contributed by atoms with van der Waals surface area (Å²) >= 11 is 5.94. The molecular formula is C22H16ClFN2O4. The molecule has 0 bridgehead atoms. The van der Waals surface area contributed by atoms with Gasteiger partial charge in [-0.05, 0) is 54.1 Å². The number of para-hydroxylation sites is 1. The summed E-state index contributed by atoms with van der Waals surface area (Å²) in [5, 5.41) is 4.24. The summed E-state index contributed by atoms with van der Waals surface area (Å²) in [7, 11) is 0. The number of rotatable bonds is 7. The molecule has 30 heavy (non-hydrogen) atoms. The molecule has 1 amide bonds. The van der Waals surface area contributed by atoms with E-state index in [1.165, 1.54) is 36.5 Å². The Labute approximate surface area is 176 Å². The number of hydrogen-bond donors (Lipinski definition) is 1. The highest BCUT2D eigenvalue weighted by Crippen LogP contribution is 2.22. The Balaban J connectivity index is 1.48. The standard InChI is InChI=1S/C22H16ClFN2O4/c23-18-6-2-4-8-20(18)29-14-21(27)26-25-13-15-9-11-16(12-10-15)30-22(28)17-5-1-3-7-19(17)24/h1-13H,14H2,(H,26,27). The number of benzene rings is 3. The minimum atomic E-state index is -0.791. The van der Waals surface area contributed by atoms with E-state index in [0.29, 0.717) is 16.3 Å². The van der Waals surface area contributed by atoms with E-state index in [0.717, 1.165) is 0 Å². The van der Waals surface area contributed by atoms with Gasteiger partial charge in [0.05, 0.1) is 16.8 Å². The van der Waals surface area contributed by atoms with Crippen molar-refractivity contribution < 1.29 is 23.5 Å². The second kappa shape index (κ2) is 10.2.